The molecule has 0 bridgehead atoms. The molecule has 1 aromatic heterocycles. The minimum Gasteiger partial charge on any atom is -0.360 e. The molecule has 0 spiro atoms. The highest BCUT2D eigenvalue weighted by atomic mass is 32.2. The number of ketones is 1. The molecule has 8 nitrogen and oxygen atoms in total. The summed E-state index contributed by atoms with van der Waals surface area (Å²) in [6.07, 6.45) is 0. The zero-order valence-corrected chi connectivity index (χ0v) is 15.9. The molecule has 144 valence electrons. The van der Waals surface area contributed by atoms with E-state index >= 15 is 0 Å². The molecule has 2 aromatic carbocycles. The first kappa shape index (κ1) is 19.3. The zero-order valence-electron chi connectivity index (χ0n) is 15.1. The van der Waals surface area contributed by atoms with Crippen LogP contribution in [0.1, 0.15) is 33.4 Å². The molecule has 0 saturated heterocycles. The topological polar surface area (TPSA) is 118 Å². The van der Waals surface area contributed by atoms with E-state index in [9.17, 15) is 18.0 Å². The maximum Gasteiger partial charge on any atom is 0.263 e. The summed E-state index contributed by atoms with van der Waals surface area (Å²) in [4.78, 5) is 23.6. The number of Topliss-reactive ketones (excluding diaryl/α,β-unsaturated/α-hetero) is 1. The Morgan fingerprint density at radius 2 is 1.57 bits per heavy atom. The maximum absolute atomic E-state index is 12.3. The normalized spacial score (nSPS) is 11.1. The van der Waals surface area contributed by atoms with Gasteiger partial charge in [0, 0.05) is 22.9 Å². The molecule has 0 radical (unpaired) electrons. The molecule has 0 aliphatic heterocycles. The van der Waals surface area contributed by atoms with Crippen molar-refractivity contribution in [2.75, 3.05) is 10.0 Å². The van der Waals surface area contributed by atoms with Crippen molar-refractivity contribution in [2.45, 2.75) is 18.7 Å². The number of aryl methyl sites for hydroxylation is 1. The van der Waals surface area contributed by atoms with Gasteiger partial charge in [0.25, 0.3) is 15.9 Å². The number of hydrogen-bond donors (Lipinski definition) is 2. The van der Waals surface area contributed by atoms with Gasteiger partial charge in [0.2, 0.25) is 0 Å². The Morgan fingerprint density at radius 3 is 2.11 bits per heavy atom. The Bertz CT molecular complexity index is 1120. The quantitative estimate of drug-likeness (QED) is 0.614. The molecule has 3 rings (SSSR count). The molecule has 0 atom stereocenters. The minimum atomic E-state index is -3.83. The number of carbonyl (C=O) groups excluding carboxylic acids is 2. The predicted molar refractivity (Wildman–Crippen MR) is 103 cm³/mol. The molecular weight excluding hydrogens is 382 g/mol. The zero-order chi connectivity index (χ0) is 20.3. The van der Waals surface area contributed by atoms with Crippen molar-refractivity contribution in [1.29, 1.82) is 0 Å². The van der Waals surface area contributed by atoms with Crippen molar-refractivity contribution in [3.8, 4) is 0 Å². The molecule has 1 heterocycles. The largest absolute Gasteiger partial charge is 0.360 e. The minimum absolute atomic E-state index is 0.0111. The van der Waals surface area contributed by atoms with Crippen LogP contribution in [0.5, 0.6) is 0 Å². The summed E-state index contributed by atoms with van der Waals surface area (Å²) >= 11 is 0. The maximum atomic E-state index is 12.3. The lowest BCUT2D eigenvalue weighted by atomic mass is 10.1. The van der Waals surface area contributed by atoms with Gasteiger partial charge in [-0.15, -0.1) is 0 Å². The van der Waals surface area contributed by atoms with Crippen molar-refractivity contribution in [3.05, 3.63) is 71.5 Å². The molecule has 2 N–H and O–H groups in total. The fourth-order valence-corrected chi connectivity index (χ4v) is 3.37. The molecule has 9 heteroatoms. The number of sulfonamides is 1. The predicted octanol–water partition coefficient (Wildman–Crippen LogP) is 3.24. The highest BCUT2D eigenvalue weighted by Gasteiger charge is 2.16. The lowest BCUT2D eigenvalue weighted by Crippen LogP contribution is -2.14. The van der Waals surface area contributed by atoms with E-state index < -0.39 is 10.0 Å². The third-order valence-corrected chi connectivity index (χ3v) is 5.21. The monoisotopic (exact) mass is 399 g/mol. The highest BCUT2D eigenvalue weighted by molar-refractivity contribution is 7.92. The number of aromatic nitrogens is 1. The van der Waals surface area contributed by atoms with Gasteiger partial charge in [-0.2, -0.15) is 0 Å². The molecule has 3 aromatic rings. The summed E-state index contributed by atoms with van der Waals surface area (Å²) in [7, 11) is -3.83. The molecule has 28 heavy (non-hydrogen) atoms. The van der Waals surface area contributed by atoms with Crippen LogP contribution >= 0.6 is 0 Å². The average Bonchev–Trinajstić information content (AvgIpc) is 3.06. The number of anilines is 2. The van der Waals surface area contributed by atoms with Crippen LogP contribution in [0.2, 0.25) is 0 Å². The molecule has 0 fully saturated rings. The van der Waals surface area contributed by atoms with Crippen LogP contribution in [0.3, 0.4) is 0 Å². The van der Waals surface area contributed by atoms with E-state index in [2.05, 4.69) is 15.2 Å². The molecule has 0 aliphatic rings. The lowest BCUT2D eigenvalue weighted by molar-refractivity contribution is 0.101. The smallest absolute Gasteiger partial charge is 0.263 e. The van der Waals surface area contributed by atoms with E-state index in [1.54, 1.807) is 31.2 Å². The van der Waals surface area contributed by atoms with Gasteiger partial charge in [-0.3, -0.25) is 14.3 Å². The van der Waals surface area contributed by atoms with E-state index in [0.717, 1.165) is 0 Å². The summed E-state index contributed by atoms with van der Waals surface area (Å²) in [5.41, 5.74) is 1.32. The number of carbonyl (C=O) groups is 2. The summed E-state index contributed by atoms with van der Waals surface area (Å²) < 4.78 is 31.8. The second-order valence-electron chi connectivity index (χ2n) is 6.04. The van der Waals surface area contributed by atoms with Crippen molar-refractivity contribution < 1.29 is 22.5 Å². The SMILES string of the molecule is CC(=O)c1ccc(C(=O)Nc2ccc(S(=O)(=O)Nc3cc(C)on3)cc2)cc1. The van der Waals surface area contributed by atoms with Gasteiger partial charge in [0.05, 0.1) is 4.90 Å². The van der Waals surface area contributed by atoms with Gasteiger partial charge in [-0.1, -0.05) is 17.3 Å². The number of hydrogen-bond acceptors (Lipinski definition) is 6. The van der Waals surface area contributed by atoms with Crippen LogP contribution in [0, 0.1) is 6.92 Å². The van der Waals surface area contributed by atoms with E-state index in [-0.39, 0.29) is 22.4 Å². The Hall–Kier alpha value is -3.46. The second kappa shape index (κ2) is 7.65. The van der Waals surface area contributed by atoms with E-state index in [0.29, 0.717) is 22.6 Å². The standard InChI is InChI=1S/C19H17N3O5S/c1-12-11-18(21-27-12)22-28(25,26)17-9-7-16(8-10-17)20-19(24)15-5-3-14(4-6-15)13(2)23/h3-11H,1-2H3,(H,20,24)(H,21,22). The van der Waals surface area contributed by atoms with Crippen LogP contribution in [-0.2, 0) is 10.0 Å². The van der Waals surface area contributed by atoms with Gasteiger partial charge in [-0.25, -0.2) is 8.42 Å². The third-order valence-electron chi connectivity index (χ3n) is 3.84. The second-order valence-corrected chi connectivity index (χ2v) is 7.72. The Balaban J connectivity index is 1.69. The number of nitrogens with zero attached hydrogens (tertiary/aromatic N) is 1. The molecule has 0 aliphatic carbocycles. The summed E-state index contributed by atoms with van der Waals surface area (Å²) in [6, 6.07) is 13.4. The Kier molecular flexibility index (Phi) is 5.27. The first-order valence-electron chi connectivity index (χ1n) is 8.23. The molecular formula is C19H17N3O5S. The fraction of sp³-hybridized carbons (Fsp3) is 0.105. The number of amides is 1. The van der Waals surface area contributed by atoms with Crippen molar-refractivity contribution >= 4 is 33.2 Å². The van der Waals surface area contributed by atoms with Crippen LogP contribution < -0.4 is 10.0 Å². The van der Waals surface area contributed by atoms with Crippen LogP contribution in [0.15, 0.2) is 64.0 Å². The number of rotatable bonds is 6. The van der Waals surface area contributed by atoms with Crippen LogP contribution in [0.25, 0.3) is 0 Å². The van der Waals surface area contributed by atoms with E-state index in [1.165, 1.54) is 37.3 Å². The lowest BCUT2D eigenvalue weighted by Gasteiger charge is -2.08. The Morgan fingerprint density at radius 1 is 0.964 bits per heavy atom. The first-order valence-corrected chi connectivity index (χ1v) is 9.71. The van der Waals surface area contributed by atoms with Gasteiger partial charge in [0.15, 0.2) is 11.6 Å². The van der Waals surface area contributed by atoms with Gasteiger partial charge in [-0.05, 0) is 50.2 Å². The van der Waals surface area contributed by atoms with Crippen LogP contribution in [-0.4, -0.2) is 25.3 Å². The molecule has 1 amide bonds. The average molecular weight is 399 g/mol. The first-order chi connectivity index (χ1) is 13.2. The molecule has 0 unspecified atom stereocenters. The molecule has 0 saturated carbocycles. The van der Waals surface area contributed by atoms with Crippen molar-refractivity contribution in [3.63, 3.8) is 0 Å². The number of nitrogens with one attached hydrogen (secondary N) is 2. The summed E-state index contributed by atoms with van der Waals surface area (Å²) in [5.74, 6) is 0.107. The highest BCUT2D eigenvalue weighted by Crippen LogP contribution is 2.19. The van der Waals surface area contributed by atoms with Gasteiger partial charge >= 0.3 is 0 Å². The van der Waals surface area contributed by atoms with Crippen molar-refractivity contribution in [1.82, 2.24) is 5.16 Å². The number of benzene rings is 2. The van der Waals surface area contributed by atoms with Crippen LogP contribution in [0.4, 0.5) is 11.5 Å². The van der Waals surface area contributed by atoms with Crippen molar-refractivity contribution in [2.24, 2.45) is 0 Å². The summed E-state index contributed by atoms with van der Waals surface area (Å²) in [5, 5.41) is 6.26. The Labute approximate surface area is 161 Å². The van der Waals surface area contributed by atoms with Gasteiger partial charge in [0.1, 0.15) is 5.76 Å². The van der Waals surface area contributed by atoms with E-state index in [4.69, 9.17) is 4.52 Å². The van der Waals surface area contributed by atoms with Gasteiger partial charge < -0.3 is 9.84 Å². The summed E-state index contributed by atoms with van der Waals surface area (Å²) in [6.45, 7) is 3.10. The van der Waals surface area contributed by atoms with E-state index in [1.807, 2.05) is 0 Å². The fourth-order valence-electron chi connectivity index (χ4n) is 2.39. The third kappa shape index (κ3) is 4.44.